The summed E-state index contributed by atoms with van der Waals surface area (Å²) in [5.74, 6) is 1.27. The van der Waals surface area contributed by atoms with Crippen LogP contribution in [0.15, 0.2) is 42.7 Å². The van der Waals surface area contributed by atoms with Gasteiger partial charge in [0.25, 0.3) is 5.91 Å². The van der Waals surface area contributed by atoms with Crippen LogP contribution in [0.25, 0.3) is 11.4 Å². The molecule has 0 aliphatic carbocycles. The van der Waals surface area contributed by atoms with Gasteiger partial charge in [-0.2, -0.15) is 5.10 Å². The SMILES string of the molecule is Cc1ncc(C(=O)N2C[C@@H](NS(C)(=O)=O)C[C@H]2c2nc(-c3ccccc3)n[nH]2)cn1. The highest BCUT2D eigenvalue weighted by atomic mass is 32.2. The maximum atomic E-state index is 13.1. The largest absolute Gasteiger partial charge is 0.327 e. The molecule has 11 heteroatoms. The van der Waals surface area contributed by atoms with Crippen molar-refractivity contribution in [1.29, 1.82) is 0 Å². The zero-order valence-corrected chi connectivity index (χ0v) is 17.3. The fraction of sp³-hybridized carbons (Fsp3) is 0.316. The maximum absolute atomic E-state index is 13.1. The first-order valence-corrected chi connectivity index (χ1v) is 11.2. The number of aromatic nitrogens is 5. The minimum Gasteiger partial charge on any atom is -0.327 e. The fourth-order valence-electron chi connectivity index (χ4n) is 3.52. The smallest absolute Gasteiger partial charge is 0.257 e. The molecule has 2 N–H and O–H groups in total. The molecular formula is C19H21N7O3S. The Bertz CT molecular complexity index is 1150. The summed E-state index contributed by atoms with van der Waals surface area (Å²) < 4.78 is 26.1. The molecule has 2 atom stereocenters. The van der Waals surface area contributed by atoms with Crippen molar-refractivity contribution in [2.75, 3.05) is 12.8 Å². The Balaban J connectivity index is 1.65. The first kappa shape index (κ1) is 20.1. The molecule has 30 heavy (non-hydrogen) atoms. The lowest BCUT2D eigenvalue weighted by Crippen LogP contribution is -2.38. The van der Waals surface area contributed by atoms with Crippen molar-refractivity contribution >= 4 is 15.9 Å². The summed E-state index contributed by atoms with van der Waals surface area (Å²) in [4.78, 5) is 27.4. The highest BCUT2D eigenvalue weighted by Crippen LogP contribution is 2.32. The predicted octanol–water partition coefficient (Wildman–Crippen LogP) is 1.08. The van der Waals surface area contributed by atoms with Crippen LogP contribution in [-0.4, -0.2) is 63.2 Å². The molecule has 1 fully saturated rings. The summed E-state index contributed by atoms with van der Waals surface area (Å²) >= 11 is 0. The Morgan fingerprint density at radius 3 is 2.57 bits per heavy atom. The van der Waals surface area contributed by atoms with Crippen LogP contribution in [0.4, 0.5) is 0 Å². The summed E-state index contributed by atoms with van der Waals surface area (Å²) in [7, 11) is -3.43. The van der Waals surface area contributed by atoms with Gasteiger partial charge in [-0.15, -0.1) is 0 Å². The molecule has 0 saturated carbocycles. The van der Waals surface area contributed by atoms with Crippen molar-refractivity contribution in [3.63, 3.8) is 0 Å². The molecule has 3 aromatic rings. The van der Waals surface area contributed by atoms with Crippen LogP contribution in [0.5, 0.6) is 0 Å². The van der Waals surface area contributed by atoms with Gasteiger partial charge >= 0.3 is 0 Å². The van der Waals surface area contributed by atoms with Gasteiger partial charge in [-0.1, -0.05) is 30.3 Å². The van der Waals surface area contributed by atoms with Gasteiger partial charge in [-0.25, -0.2) is 28.1 Å². The molecule has 10 nitrogen and oxygen atoms in total. The number of benzene rings is 1. The van der Waals surface area contributed by atoms with Gasteiger partial charge in [0, 0.05) is 30.5 Å². The zero-order valence-electron chi connectivity index (χ0n) is 16.5. The number of rotatable bonds is 5. The normalized spacial score (nSPS) is 19.2. The molecule has 1 saturated heterocycles. The number of carbonyl (C=O) groups excluding carboxylic acids is 1. The van der Waals surface area contributed by atoms with Gasteiger partial charge in [0.15, 0.2) is 5.82 Å². The molecule has 1 aromatic carbocycles. The van der Waals surface area contributed by atoms with Gasteiger partial charge in [-0.05, 0) is 13.3 Å². The average molecular weight is 427 g/mol. The van der Waals surface area contributed by atoms with Crippen molar-refractivity contribution in [3.8, 4) is 11.4 Å². The first-order chi connectivity index (χ1) is 14.3. The number of H-pyrrole nitrogens is 1. The van der Waals surface area contributed by atoms with Crippen molar-refractivity contribution in [2.45, 2.75) is 25.4 Å². The van der Waals surface area contributed by atoms with Gasteiger partial charge in [-0.3, -0.25) is 9.89 Å². The van der Waals surface area contributed by atoms with Crippen LogP contribution >= 0.6 is 0 Å². The summed E-state index contributed by atoms with van der Waals surface area (Å²) in [5.41, 5.74) is 1.17. The number of hydrogen-bond acceptors (Lipinski definition) is 7. The number of likely N-dealkylation sites (tertiary alicyclic amines) is 1. The molecule has 156 valence electrons. The lowest BCUT2D eigenvalue weighted by Gasteiger charge is -2.22. The molecule has 0 spiro atoms. The van der Waals surface area contributed by atoms with E-state index in [0.29, 0.717) is 29.5 Å². The van der Waals surface area contributed by atoms with Crippen molar-refractivity contribution in [2.24, 2.45) is 0 Å². The van der Waals surface area contributed by atoms with Gasteiger partial charge in [0.2, 0.25) is 10.0 Å². The number of amides is 1. The van der Waals surface area contributed by atoms with E-state index in [1.165, 1.54) is 12.4 Å². The summed E-state index contributed by atoms with van der Waals surface area (Å²) in [6, 6.07) is 8.55. The highest BCUT2D eigenvalue weighted by molar-refractivity contribution is 7.88. The zero-order chi connectivity index (χ0) is 21.3. The van der Waals surface area contributed by atoms with Crippen LogP contribution < -0.4 is 4.72 Å². The second kappa shape index (κ2) is 7.92. The molecule has 1 amide bonds. The molecule has 0 bridgehead atoms. The van der Waals surface area contributed by atoms with Crippen molar-refractivity contribution in [3.05, 3.63) is 59.9 Å². The summed E-state index contributed by atoms with van der Waals surface area (Å²) in [5, 5.41) is 7.18. The molecular weight excluding hydrogens is 406 g/mol. The van der Waals surface area contributed by atoms with Crippen LogP contribution in [0.1, 0.15) is 34.5 Å². The predicted molar refractivity (Wildman–Crippen MR) is 109 cm³/mol. The second-order valence-electron chi connectivity index (χ2n) is 7.23. The van der Waals surface area contributed by atoms with Crippen LogP contribution in [0.2, 0.25) is 0 Å². The monoisotopic (exact) mass is 427 g/mol. The molecule has 2 aromatic heterocycles. The molecule has 0 radical (unpaired) electrons. The fourth-order valence-corrected chi connectivity index (χ4v) is 4.29. The van der Waals surface area contributed by atoms with Gasteiger partial charge in [0.05, 0.1) is 17.9 Å². The average Bonchev–Trinajstić information content (AvgIpc) is 3.34. The number of hydrogen-bond donors (Lipinski definition) is 2. The third-order valence-electron chi connectivity index (χ3n) is 4.82. The topological polar surface area (TPSA) is 134 Å². The number of nitrogens with one attached hydrogen (secondary N) is 2. The van der Waals surface area contributed by atoms with Crippen molar-refractivity contribution in [1.82, 2.24) is 34.8 Å². The highest BCUT2D eigenvalue weighted by Gasteiger charge is 2.39. The first-order valence-electron chi connectivity index (χ1n) is 9.35. The molecule has 0 unspecified atom stereocenters. The van der Waals surface area contributed by atoms with E-state index in [-0.39, 0.29) is 12.5 Å². The van der Waals surface area contributed by atoms with E-state index in [9.17, 15) is 13.2 Å². The summed E-state index contributed by atoms with van der Waals surface area (Å²) in [6.45, 7) is 1.93. The van der Waals surface area contributed by atoms with E-state index in [4.69, 9.17) is 0 Å². The standard InChI is InChI=1S/C19H21N7O3S/c1-12-20-9-14(10-21-12)19(27)26-11-15(25-30(2,28)29)8-16(26)18-22-17(23-24-18)13-6-4-3-5-7-13/h3-7,9-10,15-16,25H,8,11H2,1-2H3,(H,22,23,24)/t15-,16-/m0/s1. The van der Waals surface area contributed by atoms with E-state index < -0.39 is 22.1 Å². The molecule has 4 rings (SSSR count). The van der Waals surface area contributed by atoms with Gasteiger partial charge < -0.3 is 4.90 Å². The van der Waals surface area contributed by atoms with E-state index in [1.54, 1.807) is 11.8 Å². The molecule has 1 aliphatic rings. The Labute approximate surface area is 173 Å². The van der Waals surface area contributed by atoms with E-state index in [2.05, 4.69) is 29.9 Å². The van der Waals surface area contributed by atoms with E-state index in [1.807, 2.05) is 30.3 Å². The Morgan fingerprint density at radius 1 is 1.20 bits per heavy atom. The Morgan fingerprint density at radius 2 is 1.90 bits per heavy atom. The lowest BCUT2D eigenvalue weighted by molar-refractivity contribution is 0.0727. The quantitative estimate of drug-likeness (QED) is 0.622. The van der Waals surface area contributed by atoms with Crippen LogP contribution in [0.3, 0.4) is 0 Å². The Hall–Kier alpha value is -3.18. The summed E-state index contributed by atoms with van der Waals surface area (Å²) in [6.07, 6.45) is 4.40. The van der Waals surface area contributed by atoms with Crippen LogP contribution in [0, 0.1) is 6.92 Å². The molecule has 3 heterocycles. The number of sulfonamides is 1. The maximum Gasteiger partial charge on any atom is 0.257 e. The Kier molecular flexibility index (Phi) is 5.31. The number of nitrogens with zero attached hydrogens (tertiary/aromatic N) is 5. The second-order valence-corrected chi connectivity index (χ2v) is 9.01. The van der Waals surface area contributed by atoms with E-state index in [0.717, 1.165) is 11.8 Å². The number of carbonyl (C=O) groups is 1. The number of aromatic amines is 1. The molecule has 1 aliphatic heterocycles. The van der Waals surface area contributed by atoms with E-state index >= 15 is 0 Å². The van der Waals surface area contributed by atoms with Crippen molar-refractivity contribution < 1.29 is 13.2 Å². The third kappa shape index (κ3) is 4.36. The minimum atomic E-state index is -3.43. The number of aryl methyl sites for hydroxylation is 1. The van der Waals surface area contributed by atoms with Gasteiger partial charge in [0.1, 0.15) is 11.6 Å². The lowest BCUT2D eigenvalue weighted by atomic mass is 10.1. The minimum absolute atomic E-state index is 0.200. The third-order valence-corrected chi connectivity index (χ3v) is 5.58. The van der Waals surface area contributed by atoms with Crippen LogP contribution in [-0.2, 0) is 10.0 Å².